The third-order valence-corrected chi connectivity index (χ3v) is 6.40. The number of rotatable bonds is 9. The van der Waals surface area contributed by atoms with Crippen LogP contribution in [-0.4, -0.2) is 34.6 Å². The van der Waals surface area contributed by atoms with Crippen molar-refractivity contribution < 1.29 is 22.7 Å². The molecule has 0 spiro atoms. The highest BCUT2D eigenvalue weighted by Gasteiger charge is 2.30. The number of nitrogens with zero attached hydrogens (tertiary/aromatic N) is 2. The summed E-state index contributed by atoms with van der Waals surface area (Å²) in [6.45, 7) is -1.91. The van der Waals surface area contributed by atoms with E-state index in [0.29, 0.717) is 40.9 Å². The molecule has 1 aliphatic rings. The molecule has 0 atom stereocenters. The van der Waals surface area contributed by atoms with E-state index in [1.54, 1.807) is 24.5 Å². The molecule has 1 aliphatic carbocycles. The number of H-pyrrole nitrogens is 1. The maximum absolute atomic E-state index is 12.9. The number of thiophene rings is 1. The second-order valence-corrected chi connectivity index (χ2v) is 8.68. The minimum atomic E-state index is -2.92. The average molecular weight is 474 g/mol. The Hall–Kier alpha value is -3.24. The van der Waals surface area contributed by atoms with Crippen molar-refractivity contribution >= 4 is 21.6 Å². The van der Waals surface area contributed by atoms with Crippen molar-refractivity contribution in [1.29, 1.82) is 0 Å². The van der Waals surface area contributed by atoms with E-state index in [1.807, 2.05) is 11.4 Å². The molecule has 10 heteroatoms. The lowest BCUT2D eigenvalue weighted by Gasteiger charge is -2.22. The number of aromatic nitrogens is 2. The van der Waals surface area contributed by atoms with Gasteiger partial charge in [0.25, 0.3) is 5.56 Å². The molecule has 1 aromatic carbocycles. The van der Waals surface area contributed by atoms with Gasteiger partial charge in [-0.15, -0.1) is 11.3 Å². The number of benzene rings is 1. The van der Waals surface area contributed by atoms with E-state index in [9.17, 15) is 13.6 Å². The van der Waals surface area contributed by atoms with Crippen LogP contribution < -0.4 is 15.0 Å². The molecule has 0 saturated heterocycles. The molecule has 3 heterocycles. The predicted molar refractivity (Wildman–Crippen MR) is 120 cm³/mol. The van der Waals surface area contributed by atoms with Crippen molar-refractivity contribution in [2.75, 3.05) is 7.11 Å². The molecule has 0 amide bonds. The van der Waals surface area contributed by atoms with Crippen molar-refractivity contribution in [3.05, 3.63) is 63.7 Å². The second-order valence-electron chi connectivity index (χ2n) is 7.82. The largest absolute Gasteiger partial charge is 0.493 e. The molecule has 1 saturated carbocycles. The SMILES string of the molecule is COc1cc(CN(Cc2nc3scc(-c4ccco4)c3c(=O)[nH]2)C2CC2)ccc1OC(F)F. The summed E-state index contributed by atoms with van der Waals surface area (Å²) in [4.78, 5) is 23.4. The van der Waals surface area contributed by atoms with Gasteiger partial charge in [-0.05, 0) is 42.7 Å². The first-order valence-corrected chi connectivity index (χ1v) is 11.3. The van der Waals surface area contributed by atoms with E-state index in [0.717, 1.165) is 24.0 Å². The summed E-state index contributed by atoms with van der Waals surface area (Å²) in [7, 11) is 1.41. The highest BCUT2D eigenvalue weighted by Crippen LogP contribution is 2.34. The van der Waals surface area contributed by atoms with E-state index in [4.69, 9.17) is 14.1 Å². The van der Waals surface area contributed by atoms with Gasteiger partial charge in [0, 0.05) is 23.5 Å². The van der Waals surface area contributed by atoms with Gasteiger partial charge in [0.05, 0.1) is 25.3 Å². The molecule has 7 nitrogen and oxygen atoms in total. The molecule has 5 rings (SSSR count). The summed E-state index contributed by atoms with van der Waals surface area (Å²) in [5, 5.41) is 2.40. The summed E-state index contributed by atoms with van der Waals surface area (Å²) < 4.78 is 40.4. The Morgan fingerprint density at radius 2 is 2.12 bits per heavy atom. The van der Waals surface area contributed by atoms with Crippen LogP contribution in [0.4, 0.5) is 8.78 Å². The second kappa shape index (κ2) is 8.95. The zero-order valence-corrected chi connectivity index (χ0v) is 18.5. The van der Waals surface area contributed by atoms with Crippen LogP contribution in [0.3, 0.4) is 0 Å². The normalized spacial score (nSPS) is 13.8. The smallest absolute Gasteiger partial charge is 0.387 e. The number of furan rings is 1. The van der Waals surface area contributed by atoms with Gasteiger partial charge in [0.2, 0.25) is 0 Å². The van der Waals surface area contributed by atoms with Crippen molar-refractivity contribution in [2.45, 2.75) is 38.6 Å². The molecule has 33 heavy (non-hydrogen) atoms. The number of nitrogens with one attached hydrogen (secondary N) is 1. The third-order valence-electron chi connectivity index (χ3n) is 5.53. The highest BCUT2D eigenvalue weighted by molar-refractivity contribution is 7.17. The van der Waals surface area contributed by atoms with E-state index < -0.39 is 6.61 Å². The Morgan fingerprint density at radius 1 is 1.27 bits per heavy atom. The summed E-state index contributed by atoms with van der Waals surface area (Å²) in [6, 6.07) is 8.89. The topological polar surface area (TPSA) is 80.6 Å². The van der Waals surface area contributed by atoms with Crippen LogP contribution in [0.25, 0.3) is 21.5 Å². The van der Waals surface area contributed by atoms with Gasteiger partial charge in [0.15, 0.2) is 11.5 Å². The number of ether oxygens (including phenoxy) is 2. The standard InChI is InChI=1S/C23H21F2N3O4S/c1-30-18-9-13(4-7-17(18)32-23(24)25)10-28(14-5-6-14)11-19-26-21(29)20-15(12-33-22(20)27-19)16-3-2-8-31-16/h2-4,7-9,12,14,23H,5-6,10-11H2,1H3,(H,26,27,29). The molecular formula is C23H21F2N3O4S. The fourth-order valence-electron chi connectivity index (χ4n) is 3.87. The lowest BCUT2D eigenvalue weighted by atomic mass is 10.1. The molecule has 1 fully saturated rings. The molecule has 0 aliphatic heterocycles. The summed E-state index contributed by atoms with van der Waals surface area (Å²) in [5.41, 5.74) is 1.42. The van der Waals surface area contributed by atoms with Crippen LogP contribution >= 0.6 is 11.3 Å². The molecule has 1 N–H and O–H groups in total. The molecule has 4 aromatic rings. The van der Waals surface area contributed by atoms with Gasteiger partial charge in [-0.25, -0.2) is 4.98 Å². The zero-order valence-electron chi connectivity index (χ0n) is 17.7. The molecule has 172 valence electrons. The fraction of sp³-hybridized carbons (Fsp3) is 0.304. The maximum atomic E-state index is 12.9. The Bertz CT molecular complexity index is 1320. The average Bonchev–Trinajstić information content (AvgIpc) is 3.31. The number of hydrogen-bond acceptors (Lipinski definition) is 7. The third kappa shape index (κ3) is 4.62. The highest BCUT2D eigenvalue weighted by atomic mass is 32.1. The van der Waals surface area contributed by atoms with Crippen LogP contribution in [-0.2, 0) is 13.1 Å². The van der Waals surface area contributed by atoms with E-state index in [2.05, 4.69) is 14.6 Å². The molecule has 0 unspecified atom stereocenters. The molecule has 3 aromatic heterocycles. The quantitative estimate of drug-likeness (QED) is 0.368. The van der Waals surface area contributed by atoms with Gasteiger partial charge in [0.1, 0.15) is 16.4 Å². The van der Waals surface area contributed by atoms with Crippen molar-refractivity contribution in [2.24, 2.45) is 0 Å². The van der Waals surface area contributed by atoms with Gasteiger partial charge >= 0.3 is 6.61 Å². The summed E-state index contributed by atoms with van der Waals surface area (Å²) in [5.74, 6) is 1.46. The Morgan fingerprint density at radius 3 is 2.82 bits per heavy atom. The fourth-order valence-corrected chi connectivity index (χ4v) is 4.81. The molecule has 0 radical (unpaired) electrons. The minimum Gasteiger partial charge on any atom is -0.493 e. The molecular weight excluding hydrogens is 452 g/mol. The van der Waals surface area contributed by atoms with Crippen molar-refractivity contribution in [1.82, 2.24) is 14.9 Å². The van der Waals surface area contributed by atoms with E-state index in [-0.39, 0.29) is 17.1 Å². The zero-order chi connectivity index (χ0) is 22.9. The Kier molecular flexibility index (Phi) is 5.86. The van der Waals surface area contributed by atoms with Gasteiger partial charge < -0.3 is 18.9 Å². The number of fused-ring (bicyclic) bond motifs is 1. The van der Waals surface area contributed by atoms with Crippen LogP contribution in [0.1, 0.15) is 24.2 Å². The number of aromatic amines is 1. The van der Waals surface area contributed by atoms with Crippen LogP contribution in [0.5, 0.6) is 11.5 Å². The number of alkyl halides is 2. The van der Waals surface area contributed by atoms with E-state index in [1.165, 1.54) is 24.5 Å². The maximum Gasteiger partial charge on any atom is 0.387 e. The summed E-state index contributed by atoms with van der Waals surface area (Å²) in [6.07, 6.45) is 3.68. The summed E-state index contributed by atoms with van der Waals surface area (Å²) >= 11 is 1.41. The van der Waals surface area contributed by atoms with Crippen molar-refractivity contribution in [3.63, 3.8) is 0 Å². The predicted octanol–water partition coefficient (Wildman–Crippen LogP) is 5.02. The van der Waals surface area contributed by atoms with E-state index >= 15 is 0 Å². The van der Waals surface area contributed by atoms with Crippen molar-refractivity contribution in [3.8, 4) is 22.8 Å². The molecule has 0 bridgehead atoms. The monoisotopic (exact) mass is 473 g/mol. The van der Waals surface area contributed by atoms with Gasteiger partial charge in [-0.3, -0.25) is 9.69 Å². The Balaban J connectivity index is 1.39. The van der Waals surface area contributed by atoms with Gasteiger partial charge in [-0.1, -0.05) is 6.07 Å². The van der Waals surface area contributed by atoms with Gasteiger partial charge in [-0.2, -0.15) is 8.78 Å². The Labute approximate surface area is 191 Å². The minimum absolute atomic E-state index is 0.00396. The lowest BCUT2D eigenvalue weighted by molar-refractivity contribution is -0.0512. The first-order chi connectivity index (χ1) is 16.0. The lowest BCUT2D eigenvalue weighted by Crippen LogP contribution is -2.27. The number of methoxy groups -OCH3 is 1. The first kappa shape index (κ1) is 21.6. The van der Waals surface area contributed by atoms with Crippen LogP contribution in [0.2, 0.25) is 0 Å². The number of halogens is 2. The van der Waals surface area contributed by atoms with Crippen LogP contribution in [0.15, 0.2) is 51.2 Å². The first-order valence-electron chi connectivity index (χ1n) is 10.4. The number of hydrogen-bond donors (Lipinski definition) is 1. The van der Waals surface area contributed by atoms with Crippen LogP contribution in [0, 0.1) is 0 Å².